The van der Waals surface area contributed by atoms with Gasteiger partial charge >= 0.3 is 0 Å². The summed E-state index contributed by atoms with van der Waals surface area (Å²) in [6.45, 7) is 5.67. The molecule has 0 aromatic heterocycles. The van der Waals surface area contributed by atoms with Gasteiger partial charge in [-0.2, -0.15) is 0 Å². The molecule has 2 N–H and O–H groups in total. The number of hydrogen-bond acceptors (Lipinski definition) is 4. The lowest BCUT2D eigenvalue weighted by Crippen LogP contribution is -2.16. The van der Waals surface area contributed by atoms with Crippen molar-refractivity contribution in [2.24, 2.45) is 0 Å². The van der Waals surface area contributed by atoms with Crippen LogP contribution in [0.4, 0.5) is 11.4 Å². The van der Waals surface area contributed by atoms with Crippen LogP contribution < -0.4 is 15.5 Å². The smallest absolute Gasteiger partial charge is 0.144 e. The predicted octanol–water partition coefficient (Wildman–Crippen LogP) is 2.20. The van der Waals surface area contributed by atoms with Gasteiger partial charge in [0.05, 0.1) is 24.1 Å². The fraction of sp³-hybridized carbons (Fsp3) is 0.500. The number of hydrogen-bond donors (Lipinski definition) is 1. The van der Waals surface area contributed by atoms with Gasteiger partial charge in [-0.05, 0) is 32.4 Å². The molecule has 2 rings (SSSR count). The third-order valence-corrected chi connectivity index (χ3v) is 2.40. The first-order valence-corrected chi connectivity index (χ1v) is 5.63. The van der Waals surface area contributed by atoms with Crippen LogP contribution in [-0.4, -0.2) is 19.3 Å². The highest BCUT2D eigenvalue weighted by molar-refractivity contribution is 5.61. The molecule has 4 heteroatoms. The van der Waals surface area contributed by atoms with Crippen LogP contribution in [-0.2, 0) is 4.84 Å². The van der Waals surface area contributed by atoms with Crippen molar-refractivity contribution < 1.29 is 9.57 Å². The van der Waals surface area contributed by atoms with Gasteiger partial charge in [0.2, 0.25) is 0 Å². The minimum absolute atomic E-state index is 0.122. The van der Waals surface area contributed by atoms with E-state index < -0.39 is 0 Å². The van der Waals surface area contributed by atoms with E-state index in [2.05, 4.69) is 0 Å². The topological polar surface area (TPSA) is 47.7 Å². The van der Waals surface area contributed by atoms with E-state index >= 15 is 0 Å². The van der Waals surface area contributed by atoms with E-state index in [9.17, 15) is 0 Å². The van der Waals surface area contributed by atoms with Crippen molar-refractivity contribution in [3.05, 3.63) is 18.2 Å². The SMILES string of the molecule is CC(C)Oc1cc(N2CCCO2)ccc1N. The lowest BCUT2D eigenvalue weighted by molar-refractivity contribution is 0.167. The number of hydroxylamine groups is 1. The van der Waals surface area contributed by atoms with Gasteiger partial charge in [-0.3, -0.25) is 9.90 Å². The molecule has 1 aromatic rings. The van der Waals surface area contributed by atoms with E-state index in [0.717, 1.165) is 31.0 Å². The molecule has 0 bridgehead atoms. The Labute approximate surface area is 95.9 Å². The molecule has 16 heavy (non-hydrogen) atoms. The Kier molecular flexibility index (Phi) is 3.19. The second-order valence-electron chi connectivity index (χ2n) is 4.18. The number of rotatable bonds is 3. The Balaban J connectivity index is 2.20. The average molecular weight is 222 g/mol. The van der Waals surface area contributed by atoms with E-state index in [4.69, 9.17) is 15.3 Å². The molecule has 0 unspecified atom stereocenters. The largest absolute Gasteiger partial charge is 0.489 e. The number of nitrogens with zero attached hydrogens (tertiary/aromatic N) is 1. The van der Waals surface area contributed by atoms with Crippen molar-refractivity contribution in [1.82, 2.24) is 0 Å². The number of ether oxygens (including phenoxy) is 1. The summed E-state index contributed by atoms with van der Waals surface area (Å²) in [6.07, 6.45) is 1.18. The molecule has 0 atom stereocenters. The second kappa shape index (κ2) is 4.61. The summed E-state index contributed by atoms with van der Waals surface area (Å²) in [5.74, 6) is 0.725. The normalized spacial score (nSPS) is 15.8. The highest BCUT2D eigenvalue weighted by atomic mass is 16.7. The van der Waals surface area contributed by atoms with Crippen LogP contribution in [0.2, 0.25) is 0 Å². The van der Waals surface area contributed by atoms with Gasteiger partial charge in [0, 0.05) is 12.6 Å². The Morgan fingerprint density at radius 2 is 2.25 bits per heavy atom. The van der Waals surface area contributed by atoms with Crippen LogP contribution in [0.15, 0.2) is 18.2 Å². The fourth-order valence-electron chi connectivity index (χ4n) is 1.69. The van der Waals surface area contributed by atoms with Gasteiger partial charge in [0.25, 0.3) is 0 Å². The van der Waals surface area contributed by atoms with E-state index in [1.807, 2.05) is 37.1 Å². The lowest BCUT2D eigenvalue weighted by Gasteiger charge is -2.19. The van der Waals surface area contributed by atoms with Crippen LogP contribution in [0.1, 0.15) is 20.3 Å². The highest BCUT2D eigenvalue weighted by Gasteiger charge is 2.15. The molecule has 1 aromatic carbocycles. The van der Waals surface area contributed by atoms with Gasteiger partial charge in [-0.1, -0.05) is 0 Å². The van der Waals surface area contributed by atoms with Gasteiger partial charge in [-0.15, -0.1) is 0 Å². The molecule has 0 radical (unpaired) electrons. The summed E-state index contributed by atoms with van der Waals surface area (Å²) in [5, 5.41) is 1.88. The van der Waals surface area contributed by atoms with Gasteiger partial charge in [-0.25, -0.2) is 0 Å². The van der Waals surface area contributed by atoms with E-state index in [-0.39, 0.29) is 6.10 Å². The van der Waals surface area contributed by atoms with Crippen molar-refractivity contribution >= 4 is 11.4 Å². The number of nitrogens with two attached hydrogens (primary N) is 1. The summed E-state index contributed by atoms with van der Waals surface area (Å²) in [4.78, 5) is 5.48. The maximum Gasteiger partial charge on any atom is 0.144 e. The minimum atomic E-state index is 0.122. The van der Waals surface area contributed by atoms with E-state index in [0.29, 0.717) is 5.69 Å². The third-order valence-electron chi connectivity index (χ3n) is 2.40. The molecule has 1 fully saturated rings. The number of benzene rings is 1. The second-order valence-corrected chi connectivity index (χ2v) is 4.18. The van der Waals surface area contributed by atoms with Gasteiger partial charge in [0.15, 0.2) is 0 Å². The zero-order valence-electron chi connectivity index (χ0n) is 9.77. The van der Waals surface area contributed by atoms with Crippen LogP contribution in [0.25, 0.3) is 0 Å². The Bertz CT molecular complexity index is 360. The standard InChI is InChI=1S/C12H18N2O2/c1-9(2)16-12-8-10(4-5-11(12)13)14-6-3-7-15-14/h4-5,8-9H,3,6-7,13H2,1-2H3. The molecule has 0 amide bonds. The summed E-state index contributed by atoms with van der Waals surface area (Å²) >= 11 is 0. The van der Waals surface area contributed by atoms with E-state index in [1.54, 1.807) is 0 Å². The summed E-state index contributed by atoms with van der Waals surface area (Å²) in [7, 11) is 0. The van der Waals surface area contributed by atoms with Crippen molar-refractivity contribution in [1.29, 1.82) is 0 Å². The minimum Gasteiger partial charge on any atom is -0.489 e. The van der Waals surface area contributed by atoms with Gasteiger partial charge < -0.3 is 10.5 Å². The quantitative estimate of drug-likeness (QED) is 0.796. The molecule has 0 saturated carbocycles. The zero-order valence-corrected chi connectivity index (χ0v) is 9.77. The van der Waals surface area contributed by atoms with Crippen LogP contribution in [0.5, 0.6) is 5.75 Å². The molecule has 0 spiro atoms. The molecule has 4 nitrogen and oxygen atoms in total. The Morgan fingerprint density at radius 3 is 2.88 bits per heavy atom. The molecule has 1 heterocycles. The lowest BCUT2D eigenvalue weighted by atomic mass is 10.2. The highest BCUT2D eigenvalue weighted by Crippen LogP contribution is 2.29. The fourth-order valence-corrected chi connectivity index (χ4v) is 1.69. The van der Waals surface area contributed by atoms with E-state index in [1.165, 1.54) is 0 Å². The number of nitrogen functional groups attached to an aromatic ring is 1. The molecule has 1 aliphatic rings. The first-order valence-electron chi connectivity index (χ1n) is 5.63. The monoisotopic (exact) mass is 222 g/mol. The Hall–Kier alpha value is -1.42. The van der Waals surface area contributed by atoms with Gasteiger partial charge in [0.1, 0.15) is 5.75 Å². The van der Waals surface area contributed by atoms with Crippen molar-refractivity contribution in [3.63, 3.8) is 0 Å². The van der Waals surface area contributed by atoms with Crippen LogP contribution in [0, 0.1) is 0 Å². The summed E-state index contributed by atoms with van der Waals surface area (Å²) in [5.41, 5.74) is 7.52. The maximum absolute atomic E-state index is 5.85. The number of anilines is 2. The average Bonchev–Trinajstić information content (AvgIpc) is 2.73. The molecular formula is C12H18N2O2. The van der Waals surface area contributed by atoms with Crippen molar-refractivity contribution in [2.45, 2.75) is 26.4 Å². The first-order chi connectivity index (χ1) is 7.66. The van der Waals surface area contributed by atoms with Crippen molar-refractivity contribution in [2.75, 3.05) is 23.9 Å². The predicted molar refractivity (Wildman–Crippen MR) is 64.5 cm³/mol. The molecular weight excluding hydrogens is 204 g/mol. The van der Waals surface area contributed by atoms with Crippen molar-refractivity contribution in [3.8, 4) is 5.75 Å². The molecule has 1 aliphatic heterocycles. The van der Waals surface area contributed by atoms with Crippen LogP contribution >= 0.6 is 0 Å². The Morgan fingerprint density at radius 1 is 1.44 bits per heavy atom. The molecule has 0 aliphatic carbocycles. The zero-order chi connectivity index (χ0) is 11.5. The summed E-state index contributed by atoms with van der Waals surface area (Å²) in [6, 6.07) is 5.74. The first kappa shape index (κ1) is 11.1. The summed E-state index contributed by atoms with van der Waals surface area (Å²) < 4.78 is 5.64. The molecule has 88 valence electrons. The maximum atomic E-state index is 5.85. The third kappa shape index (κ3) is 2.39. The molecule has 1 saturated heterocycles. The van der Waals surface area contributed by atoms with Crippen LogP contribution in [0.3, 0.4) is 0 Å².